The summed E-state index contributed by atoms with van der Waals surface area (Å²) in [5.41, 5.74) is 0.203. The van der Waals surface area contributed by atoms with Gasteiger partial charge in [-0.1, -0.05) is 38.8 Å². The van der Waals surface area contributed by atoms with Crippen LogP contribution in [0.1, 0.15) is 51.2 Å². The quantitative estimate of drug-likeness (QED) is 0.876. The predicted octanol–water partition coefficient (Wildman–Crippen LogP) is 3.19. The Balaban J connectivity index is 1.89. The largest absolute Gasteiger partial charge is 0.387 e. The van der Waals surface area contributed by atoms with Crippen LogP contribution >= 0.6 is 0 Å². The lowest BCUT2D eigenvalue weighted by molar-refractivity contribution is -0.132. The summed E-state index contributed by atoms with van der Waals surface area (Å²) < 4.78 is 12.8. The zero-order chi connectivity index (χ0) is 15.5. The molecule has 1 unspecified atom stereocenters. The van der Waals surface area contributed by atoms with E-state index < -0.39 is 11.5 Å². The molecular weight excluding hydrogens is 269 g/mol. The number of hydrogen-bond donors (Lipinski definition) is 2. The maximum atomic E-state index is 12.8. The molecule has 0 saturated heterocycles. The second kappa shape index (κ2) is 6.56. The third kappa shape index (κ3) is 3.82. The molecule has 0 aromatic heterocycles. The van der Waals surface area contributed by atoms with Gasteiger partial charge in [0, 0.05) is 12.0 Å². The molecule has 1 amide bonds. The highest BCUT2D eigenvalue weighted by Crippen LogP contribution is 2.39. The standard InChI is InChI=1S/C17H24FNO2/c1-17(2,13-5-3-4-6-13)16(21)19-11-15(20)12-7-9-14(18)10-8-12/h7-10,13,15,20H,3-6,11H2,1-2H3,(H,19,21). The van der Waals surface area contributed by atoms with Crippen molar-refractivity contribution in [1.29, 1.82) is 0 Å². The van der Waals surface area contributed by atoms with Crippen molar-refractivity contribution in [3.05, 3.63) is 35.6 Å². The Labute approximate surface area is 125 Å². The molecule has 1 atom stereocenters. The van der Waals surface area contributed by atoms with E-state index >= 15 is 0 Å². The maximum absolute atomic E-state index is 12.8. The molecule has 21 heavy (non-hydrogen) atoms. The molecule has 4 heteroatoms. The zero-order valence-corrected chi connectivity index (χ0v) is 12.7. The summed E-state index contributed by atoms with van der Waals surface area (Å²) in [7, 11) is 0. The molecular formula is C17H24FNO2. The van der Waals surface area contributed by atoms with Gasteiger partial charge in [0.1, 0.15) is 5.82 Å². The lowest BCUT2D eigenvalue weighted by Crippen LogP contribution is -2.42. The summed E-state index contributed by atoms with van der Waals surface area (Å²) in [6.07, 6.45) is 3.77. The minimum absolute atomic E-state index is 0.0180. The fourth-order valence-corrected chi connectivity index (χ4v) is 3.05. The molecule has 1 aromatic rings. The highest BCUT2D eigenvalue weighted by molar-refractivity contribution is 5.82. The lowest BCUT2D eigenvalue weighted by atomic mass is 9.77. The molecule has 1 fully saturated rings. The van der Waals surface area contributed by atoms with Gasteiger partial charge in [-0.25, -0.2) is 4.39 Å². The van der Waals surface area contributed by atoms with Crippen molar-refractivity contribution in [2.75, 3.05) is 6.54 Å². The fourth-order valence-electron chi connectivity index (χ4n) is 3.05. The van der Waals surface area contributed by atoms with Crippen molar-refractivity contribution in [2.45, 2.75) is 45.6 Å². The minimum Gasteiger partial charge on any atom is -0.387 e. The van der Waals surface area contributed by atoms with Crippen LogP contribution < -0.4 is 5.32 Å². The Hall–Kier alpha value is -1.42. The average molecular weight is 293 g/mol. The molecule has 0 bridgehead atoms. The van der Waals surface area contributed by atoms with Crippen molar-refractivity contribution >= 4 is 5.91 Å². The highest BCUT2D eigenvalue weighted by Gasteiger charge is 2.38. The zero-order valence-electron chi connectivity index (χ0n) is 12.7. The van der Waals surface area contributed by atoms with Crippen LogP contribution in [-0.2, 0) is 4.79 Å². The summed E-state index contributed by atoms with van der Waals surface area (Å²) in [4.78, 5) is 12.4. The highest BCUT2D eigenvalue weighted by atomic mass is 19.1. The van der Waals surface area contributed by atoms with E-state index in [0.29, 0.717) is 11.5 Å². The van der Waals surface area contributed by atoms with E-state index in [1.807, 2.05) is 13.8 Å². The average Bonchev–Trinajstić information content (AvgIpc) is 3.00. The SMILES string of the molecule is CC(C)(C(=O)NCC(O)c1ccc(F)cc1)C1CCCC1. The van der Waals surface area contributed by atoms with Crippen molar-refractivity contribution in [3.8, 4) is 0 Å². The fraction of sp³-hybridized carbons (Fsp3) is 0.588. The van der Waals surface area contributed by atoms with Gasteiger partial charge >= 0.3 is 0 Å². The molecule has 116 valence electrons. The topological polar surface area (TPSA) is 49.3 Å². The number of aliphatic hydroxyl groups is 1. The van der Waals surface area contributed by atoms with Gasteiger partial charge in [0.2, 0.25) is 5.91 Å². The van der Waals surface area contributed by atoms with Gasteiger partial charge in [0.15, 0.2) is 0 Å². The van der Waals surface area contributed by atoms with Crippen LogP contribution in [0.4, 0.5) is 4.39 Å². The Morgan fingerprint density at radius 2 is 1.90 bits per heavy atom. The molecule has 0 aliphatic heterocycles. The summed E-state index contributed by atoms with van der Waals surface area (Å²) in [5, 5.41) is 12.9. The van der Waals surface area contributed by atoms with E-state index in [1.54, 1.807) is 0 Å². The number of halogens is 1. The summed E-state index contributed by atoms with van der Waals surface area (Å²) in [6.45, 7) is 4.10. The second-order valence-corrected chi connectivity index (χ2v) is 6.48. The van der Waals surface area contributed by atoms with Gasteiger partial charge < -0.3 is 10.4 Å². The van der Waals surface area contributed by atoms with Crippen molar-refractivity contribution in [1.82, 2.24) is 5.32 Å². The van der Waals surface area contributed by atoms with Gasteiger partial charge in [-0.3, -0.25) is 4.79 Å². The number of nitrogens with one attached hydrogen (secondary N) is 1. The van der Waals surface area contributed by atoms with Crippen molar-refractivity contribution in [2.24, 2.45) is 11.3 Å². The summed E-state index contributed by atoms with van der Waals surface area (Å²) in [6, 6.07) is 5.69. The molecule has 0 radical (unpaired) electrons. The molecule has 2 N–H and O–H groups in total. The number of carbonyl (C=O) groups excluding carboxylic acids is 1. The molecule has 1 aliphatic rings. The molecule has 3 nitrogen and oxygen atoms in total. The monoisotopic (exact) mass is 293 g/mol. The van der Waals surface area contributed by atoms with E-state index in [0.717, 1.165) is 12.8 Å². The Morgan fingerprint density at radius 1 is 1.33 bits per heavy atom. The van der Waals surface area contributed by atoms with E-state index in [1.165, 1.54) is 37.1 Å². The number of amides is 1. The number of carbonyl (C=O) groups is 1. The van der Waals surface area contributed by atoms with Crippen LogP contribution in [0, 0.1) is 17.2 Å². The van der Waals surface area contributed by atoms with Crippen LogP contribution in [0.25, 0.3) is 0 Å². The van der Waals surface area contributed by atoms with Gasteiger partial charge in [-0.15, -0.1) is 0 Å². The van der Waals surface area contributed by atoms with Gasteiger partial charge in [0.25, 0.3) is 0 Å². The minimum atomic E-state index is -0.811. The molecule has 1 aliphatic carbocycles. The number of rotatable bonds is 5. The molecule has 0 spiro atoms. The third-order valence-electron chi connectivity index (χ3n) is 4.67. The third-order valence-corrected chi connectivity index (χ3v) is 4.67. The molecule has 2 rings (SSSR count). The van der Waals surface area contributed by atoms with E-state index in [9.17, 15) is 14.3 Å². The Morgan fingerprint density at radius 3 is 2.48 bits per heavy atom. The van der Waals surface area contributed by atoms with E-state index in [-0.39, 0.29) is 18.3 Å². The Kier molecular flexibility index (Phi) is 4.99. The number of hydrogen-bond acceptors (Lipinski definition) is 2. The Bertz CT molecular complexity index is 478. The number of benzene rings is 1. The first-order chi connectivity index (χ1) is 9.91. The maximum Gasteiger partial charge on any atom is 0.226 e. The number of aliphatic hydroxyl groups excluding tert-OH is 1. The van der Waals surface area contributed by atoms with Gasteiger partial charge in [-0.05, 0) is 36.5 Å². The van der Waals surface area contributed by atoms with Crippen LogP contribution in [0.2, 0.25) is 0 Å². The van der Waals surface area contributed by atoms with Gasteiger partial charge in [-0.2, -0.15) is 0 Å². The molecule has 1 aromatic carbocycles. The first-order valence-electron chi connectivity index (χ1n) is 7.63. The van der Waals surface area contributed by atoms with E-state index in [4.69, 9.17) is 0 Å². The predicted molar refractivity (Wildman–Crippen MR) is 80.1 cm³/mol. The van der Waals surface area contributed by atoms with Crippen LogP contribution in [0.5, 0.6) is 0 Å². The smallest absolute Gasteiger partial charge is 0.226 e. The summed E-state index contributed by atoms with van der Waals surface area (Å²) in [5.74, 6) is 0.0633. The summed E-state index contributed by atoms with van der Waals surface area (Å²) >= 11 is 0. The lowest BCUT2D eigenvalue weighted by Gasteiger charge is -2.30. The van der Waals surface area contributed by atoms with Crippen molar-refractivity contribution in [3.63, 3.8) is 0 Å². The second-order valence-electron chi connectivity index (χ2n) is 6.48. The molecule has 1 saturated carbocycles. The van der Waals surface area contributed by atoms with Crippen LogP contribution in [0.3, 0.4) is 0 Å². The molecule has 0 heterocycles. The first kappa shape index (κ1) is 16.0. The van der Waals surface area contributed by atoms with Gasteiger partial charge in [0.05, 0.1) is 6.10 Å². The van der Waals surface area contributed by atoms with Crippen molar-refractivity contribution < 1.29 is 14.3 Å². The van der Waals surface area contributed by atoms with Crippen LogP contribution in [-0.4, -0.2) is 17.6 Å². The van der Waals surface area contributed by atoms with Crippen LogP contribution in [0.15, 0.2) is 24.3 Å². The normalized spacial score (nSPS) is 17.7. The van der Waals surface area contributed by atoms with E-state index in [2.05, 4.69) is 5.32 Å². The first-order valence-corrected chi connectivity index (χ1v) is 7.63.